The molecule has 0 saturated heterocycles. The molecule has 0 aliphatic heterocycles. The Balaban J connectivity index is 0.00000196. The number of aromatic nitrogens is 1. The van der Waals surface area contributed by atoms with Gasteiger partial charge in [0.1, 0.15) is 5.56 Å². The molecule has 1 aromatic rings. The molecule has 0 bridgehead atoms. The zero-order valence-electron chi connectivity index (χ0n) is 8.89. The fraction of sp³-hybridized carbons (Fsp3) is 0.333. The molecule has 15 heavy (non-hydrogen) atoms. The van der Waals surface area contributed by atoms with E-state index in [0.29, 0.717) is 4.73 Å². The standard InChI is InChI=1S/C9H11NO3S.Na/c1-6(2)13-9(11)7-3-4-8(14)10(12)5-7;/h3-6,14H,1-2H3;/q;+1/p-1. The molecule has 1 heterocycles. The van der Waals surface area contributed by atoms with E-state index in [0.717, 1.165) is 6.20 Å². The van der Waals surface area contributed by atoms with Crippen molar-refractivity contribution in [2.75, 3.05) is 0 Å². The van der Waals surface area contributed by atoms with Crippen LogP contribution in [0, 0.1) is 5.21 Å². The van der Waals surface area contributed by atoms with Gasteiger partial charge in [-0.25, -0.2) is 4.79 Å². The molecule has 0 spiro atoms. The Hall–Kier alpha value is -0.360. The number of nitrogens with zero attached hydrogens (tertiary/aromatic N) is 1. The molecule has 0 aliphatic carbocycles. The molecule has 1 aromatic heterocycles. The molecule has 0 aliphatic rings. The van der Waals surface area contributed by atoms with E-state index in [1.807, 2.05) is 0 Å². The van der Waals surface area contributed by atoms with Crippen molar-refractivity contribution in [2.45, 2.75) is 25.0 Å². The van der Waals surface area contributed by atoms with Gasteiger partial charge in [0.2, 0.25) is 0 Å². The normalized spacial score (nSPS) is 9.53. The number of hydrogen-bond donors (Lipinski definition) is 0. The van der Waals surface area contributed by atoms with Crippen molar-refractivity contribution < 1.29 is 43.8 Å². The van der Waals surface area contributed by atoms with Gasteiger partial charge in [0.05, 0.1) is 11.1 Å². The van der Waals surface area contributed by atoms with E-state index >= 15 is 0 Å². The van der Waals surface area contributed by atoms with Gasteiger partial charge in [-0.05, 0) is 26.0 Å². The molecule has 0 aromatic carbocycles. The quantitative estimate of drug-likeness (QED) is 0.192. The van der Waals surface area contributed by atoms with Crippen LogP contribution in [0.5, 0.6) is 0 Å². The molecule has 6 heteroatoms. The van der Waals surface area contributed by atoms with Gasteiger partial charge in [-0.2, -0.15) is 4.73 Å². The summed E-state index contributed by atoms with van der Waals surface area (Å²) in [5.41, 5.74) is 0.210. The Morgan fingerprint density at radius 2 is 2.13 bits per heavy atom. The minimum atomic E-state index is -0.514. The van der Waals surface area contributed by atoms with Crippen molar-refractivity contribution in [1.82, 2.24) is 0 Å². The number of hydrogen-bond acceptors (Lipinski definition) is 4. The second-order valence-corrected chi connectivity index (χ2v) is 3.45. The fourth-order valence-electron chi connectivity index (χ4n) is 0.870. The minimum absolute atomic E-state index is 0. The predicted octanol–water partition coefficient (Wildman–Crippen LogP) is -2.20. The van der Waals surface area contributed by atoms with Crippen molar-refractivity contribution in [3.05, 3.63) is 29.1 Å². The zero-order valence-corrected chi connectivity index (χ0v) is 11.7. The van der Waals surface area contributed by atoms with Gasteiger partial charge in [-0.3, -0.25) is 0 Å². The second-order valence-electron chi connectivity index (χ2n) is 3.04. The number of carbonyl (C=O) groups excluding carboxylic acids is 1. The number of esters is 1. The van der Waals surface area contributed by atoms with Crippen molar-refractivity contribution in [2.24, 2.45) is 0 Å². The summed E-state index contributed by atoms with van der Waals surface area (Å²) in [4.78, 5) is 11.3. The van der Waals surface area contributed by atoms with Gasteiger partial charge in [-0.1, -0.05) is 0 Å². The number of ether oxygens (including phenoxy) is 1. The Bertz CT molecular complexity index is 357. The van der Waals surface area contributed by atoms with Gasteiger partial charge in [0.25, 0.3) is 0 Å². The Kier molecular flexibility index (Phi) is 6.12. The van der Waals surface area contributed by atoms with Crippen molar-refractivity contribution in [3.63, 3.8) is 0 Å². The van der Waals surface area contributed by atoms with Crippen LogP contribution >= 0.6 is 0 Å². The predicted molar refractivity (Wildman–Crippen MR) is 51.6 cm³/mol. The summed E-state index contributed by atoms with van der Waals surface area (Å²) in [6.45, 7) is 3.48. The molecule has 0 unspecified atom stereocenters. The Labute approximate surface area is 116 Å². The van der Waals surface area contributed by atoms with Crippen LogP contribution < -0.4 is 34.3 Å². The van der Waals surface area contributed by atoms with E-state index in [1.54, 1.807) is 13.8 Å². The Morgan fingerprint density at radius 3 is 2.60 bits per heavy atom. The van der Waals surface area contributed by atoms with Crippen LogP contribution in [0.3, 0.4) is 0 Å². The van der Waals surface area contributed by atoms with Gasteiger partial charge >= 0.3 is 35.5 Å². The van der Waals surface area contributed by atoms with E-state index in [2.05, 4.69) is 12.6 Å². The van der Waals surface area contributed by atoms with E-state index in [4.69, 9.17) is 4.74 Å². The summed E-state index contributed by atoms with van der Waals surface area (Å²) in [5.74, 6) is -0.514. The van der Waals surface area contributed by atoms with Crippen LogP contribution in [-0.2, 0) is 17.4 Å². The molecule has 4 nitrogen and oxygen atoms in total. The monoisotopic (exact) mass is 235 g/mol. The summed E-state index contributed by atoms with van der Waals surface area (Å²) in [6.07, 6.45) is 0.915. The molecule has 76 valence electrons. The maximum absolute atomic E-state index is 11.3. The fourth-order valence-corrected chi connectivity index (χ4v) is 0.991. The largest absolute Gasteiger partial charge is 1.00 e. The maximum Gasteiger partial charge on any atom is 1.00 e. The first kappa shape index (κ1) is 14.6. The minimum Gasteiger partial charge on any atom is -0.709 e. The van der Waals surface area contributed by atoms with Crippen LogP contribution in [0.25, 0.3) is 0 Å². The smallest absolute Gasteiger partial charge is 0.709 e. The van der Waals surface area contributed by atoms with Crippen molar-refractivity contribution in [3.8, 4) is 0 Å². The molecule has 0 N–H and O–H groups in total. The third-order valence-electron chi connectivity index (χ3n) is 1.46. The van der Waals surface area contributed by atoms with Crippen LogP contribution in [0.2, 0.25) is 0 Å². The Morgan fingerprint density at radius 1 is 1.53 bits per heavy atom. The van der Waals surface area contributed by atoms with Crippen molar-refractivity contribution in [1.29, 1.82) is 0 Å². The van der Waals surface area contributed by atoms with Gasteiger partial charge in [-0.15, -0.1) is 0 Å². The van der Waals surface area contributed by atoms with E-state index in [1.165, 1.54) is 12.1 Å². The number of pyridine rings is 1. The first-order valence-electron chi connectivity index (χ1n) is 4.12. The number of carbonyl (C=O) groups is 1. The molecular formula is C9H10NNaO3S. The average molecular weight is 235 g/mol. The average Bonchev–Trinajstić information content (AvgIpc) is 2.08. The SMILES string of the molecule is CC(C)OC(=O)c1ccc([S-])[n+]([O-])c1.[Na+]. The second kappa shape index (κ2) is 6.27. The topological polar surface area (TPSA) is 53.2 Å². The van der Waals surface area contributed by atoms with Crippen LogP contribution in [0.15, 0.2) is 23.4 Å². The summed E-state index contributed by atoms with van der Waals surface area (Å²) in [5, 5.41) is 11.2. The molecule has 0 amide bonds. The third kappa shape index (κ3) is 4.34. The van der Waals surface area contributed by atoms with Crippen LogP contribution in [0.1, 0.15) is 24.2 Å². The summed E-state index contributed by atoms with van der Waals surface area (Å²) in [6, 6.07) is 2.88. The van der Waals surface area contributed by atoms with Crippen LogP contribution in [-0.4, -0.2) is 12.1 Å². The maximum atomic E-state index is 11.3. The summed E-state index contributed by atoms with van der Waals surface area (Å²) >= 11 is 4.69. The molecule has 0 radical (unpaired) electrons. The number of rotatable bonds is 2. The van der Waals surface area contributed by atoms with Crippen molar-refractivity contribution >= 4 is 18.6 Å². The molecule has 0 saturated carbocycles. The van der Waals surface area contributed by atoms with Gasteiger partial charge in [0.15, 0.2) is 6.20 Å². The van der Waals surface area contributed by atoms with Gasteiger partial charge < -0.3 is 22.6 Å². The molecule has 0 atom stereocenters. The first-order valence-corrected chi connectivity index (χ1v) is 4.52. The summed E-state index contributed by atoms with van der Waals surface area (Å²) < 4.78 is 5.37. The van der Waals surface area contributed by atoms with E-state index in [-0.39, 0.29) is 46.3 Å². The zero-order chi connectivity index (χ0) is 10.7. The first-order chi connectivity index (χ1) is 6.50. The molecule has 0 fully saturated rings. The van der Waals surface area contributed by atoms with E-state index in [9.17, 15) is 10.0 Å². The third-order valence-corrected chi connectivity index (χ3v) is 1.77. The molecular weight excluding hydrogens is 225 g/mol. The van der Waals surface area contributed by atoms with Crippen LogP contribution in [0.4, 0.5) is 0 Å². The molecule has 1 rings (SSSR count). The summed E-state index contributed by atoms with van der Waals surface area (Å²) in [7, 11) is 0. The van der Waals surface area contributed by atoms with Gasteiger partial charge in [0, 0.05) is 0 Å². The van der Waals surface area contributed by atoms with E-state index < -0.39 is 5.97 Å².